The zero-order valence-electron chi connectivity index (χ0n) is 16.7. The number of carbonyl (C=O) groups is 1. The number of rotatable bonds is 7. The van der Waals surface area contributed by atoms with Gasteiger partial charge >= 0.3 is 6.03 Å². The highest BCUT2D eigenvalue weighted by molar-refractivity contribution is 5.90. The van der Waals surface area contributed by atoms with Gasteiger partial charge in [-0.25, -0.2) is 4.79 Å². The third-order valence-corrected chi connectivity index (χ3v) is 4.20. The number of nitrogens with one attached hydrogen (secondary N) is 2. The molecule has 2 amide bonds. The van der Waals surface area contributed by atoms with Crippen molar-refractivity contribution in [3.63, 3.8) is 0 Å². The SMILES string of the molecule is COc1ccc(CNC(=O)Nc2ccc(N(C)C)cc2C)c(OC)c1OC. The summed E-state index contributed by atoms with van der Waals surface area (Å²) in [4.78, 5) is 14.3. The summed E-state index contributed by atoms with van der Waals surface area (Å²) in [5, 5.41) is 5.71. The molecule has 0 bridgehead atoms. The van der Waals surface area contributed by atoms with E-state index < -0.39 is 0 Å². The Bertz CT molecular complexity index is 806. The molecular formula is C20H27N3O4. The van der Waals surface area contributed by atoms with E-state index in [9.17, 15) is 4.79 Å². The minimum Gasteiger partial charge on any atom is -0.493 e. The van der Waals surface area contributed by atoms with Crippen molar-refractivity contribution in [2.24, 2.45) is 0 Å². The summed E-state index contributed by atoms with van der Waals surface area (Å²) in [5.41, 5.74) is 3.61. The van der Waals surface area contributed by atoms with Crippen molar-refractivity contribution in [1.82, 2.24) is 5.32 Å². The quantitative estimate of drug-likeness (QED) is 0.778. The lowest BCUT2D eigenvalue weighted by Crippen LogP contribution is -2.28. The molecular weight excluding hydrogens is 346 g/mol. The van der Waals surface area contributed by atoms with E-state index in [1.165, 1.54) is 0 Å². The molecule has 7 heteroatoms. The molecule has 0 saturated carbocycles. The van der Waals surface area contributed by atoms with Crippen LogP contribution in [0.5, 0.6) is 17.2 Å². The first-order valence-corrected chi connectivity index (χ1v) is 8.52. The number of anilines is 2. The van der Waals surface area contributed by atoms with Crippen LogP contribution >= 0.6 is 0 Å². The van der Waals surface area contributed by atoms with Crippen LogP contribution in [-0.4, -0.2) is 41.5 Å². The molecule has 0 aliphatic rings. The summed E-state index contributed by atoms with van der Waals surface area (Å²) < 4.78 is 16.1. The highest BCUT2D eigenvalue weighted by Crippen LogP contribution is 2.39. The lowest BCUT2D eigenvalue weighted by Gasteiger charge is -2.17. The maximum atomic E-state index is 12.3. The molecule has 0 spiro atoms. The van der Waals surface area contributed by atoms with E-state index >= 15 is 0 Å². The van der Waals surface area contributed by atoms with E-state index in [4.69, 9.17) is 14.2 Å². The van der Waals surface area contributed by atoms with Crippen molar-refractivity contribution in [3.05, 3.63) is 41.5 Å². The molecule has 27 heavy (non-hydrogen) atoms. The number of hydrogen-bond acceptors (Lipinski definition) is 5. The Balaban J connectivity index is 2.08. The summed E-state index contributed by atoms with van der Waals surface area (Å²) in [7, 11) is 8.61. The average molecular weight is 373 g/mol. The summed E-state index contributed by atoms with van der Waals surface area (Å²) >= 11 is 0. The Morgan fingerprint density at radius 2 is 1.70 bits per heavy atom. The van der Waals surface area contributed by atoms with E-state index in [1.54, 1.807) is 27.4 Å². The highest BCUT2D eigenvalue weighted by atomic mass is 16.5. The predicted octanol–water partition coefficient (Wildman–Crippen LogP) is 3.41. The van der Waals surface area contributed by atoms with Gasteiger partial charge in [-0.05, 0) is 42.8 Å². The monoisotopic (exact) mass is 373 g/mol. The zero-order valence-corrected chi connectivity index (χ0v) is 16.7. The largest absolute Gasteiger partial charge is 0.493 e. The molecule has 2 aromatic rings. The molecule has 0 atom stereocenters. The van der Waals surface area contributed by atoms with E-state index in [1.807, 2.05) is 50.2 Å². The second kappa shape index (κ2) is 9.02. The second-order valence-electron chi connectivity index (χ2n) is 6.19. The summed E-state index contributed by atoms with van der Waals surface area (Å²) in [6.07, 6.45) is 0. The van der Waals surface area contributed by atoms with E-state index in [2.05, 4.69) is 10.6 Å². The van der Waals surface area contributed by atoms with Crippen LogP contribution in [0.15, 0.2) is 30.3 Å². The number of benzene rings is 2. The van der Waals surface area contributed by atoms with Gasteiger partial charge in [0.05, 0.1) is 21.3 Å². The van der Waals surface area contributed by atoms with Crippen molar-refractivity contribution in [1.29, 1.82) is 0 Å². The van der Waals surface area contributed by atoms with Crippen LogP contribution < -0.4 is 29.7 Å². The van der Waals surface area contributed by atoms with Crippen molar-refractivity contribution in [2.45, 2.75) is 13.5 Å². The van der Waals surface area contributed by atoms with Crippen LogP contribution in [0.3, 0.4) is 0 Å². The number of ether oxygens (including phenoxy) is 3. The maximum absolute atomic E-state index is 12.3. The van der Waals surface area contributed by atoms with Gasteiger partial charge in [-0.2, -0.15) is 0 Å². The molecule has 2 N–H and O–H groups in total. The van der Waals surface area contributed by atoms with Crippen LogP contribution in [0.4, 0.5) is 16.2 Å². The first-order valence-electron chi connectivity index (χ1n) is 8.52. The van der Waals surface area contributed by atoms with Crippen molar-refractivity contribution in [3.8, 4) is 17.2 Å². The fraction of sp³-hybridized carbons (Fsp3) is 0.350. The first kappa shape index (κ1) is 20.2. The summed E-state index contributed by atoms with van der Waals surface area (Å²) in [6.45, 7) is 2.24. The van der Waals surface area contributed by atoms with E-state index in [0.29, 0.717) is 17.2 Å². The Hall–Kier alpha value is -3.09. The maximum Gasteiger partial charge on any atom is 0.319 e. The fourth-order valence-corrected chi connectivity index (χ4v) is 2.71. The third kappa shape index (κ3) is 4.75. The molecule has 0 saturated heterocycles. The van der Waals surface area contributed by atoms with Crippen molar-refractivity contribution in [2.75, 3.05) is 45.6 Å². The minimum absolute atomic E-state index is 0.282. The first-order chi connectivity index (χ1) is 12.9. The fourth-order valence-electron chi connectivity index (χ4n) is 2.71. The molecule has 146 valence electrons. The number of urea groups is 1. The normalized spacial score (nSPS) is 10.1. The standard InChI is InChI=1S/C20H27N3O4/c1-13-11-15(23(2)3)8-9-16(13)22-20(24)21-12-14-7-10-17(25-4)19(27-6)18(14)26-5/h7-11H,12H2,1-6H3,(H2,21,22,24). The van der Waals surface area contributed by atoms with Crippen LogP contribution in [0.2, 0.25) is 0 Å². The number of hydrogen-bond donors (Lipinski definition) is 2. The smallest absolute Gasteiger partial charge is 0.319 e. The molecule has 0 aromatic heterocycles. The van der Waals surface area contributed by atoms with Gasteiger partial charge < -0.3 is 29.7 Å². The van der Waals surface area contributed by atoms with Gasteiger partial charge in [-0.3, -0.25) is 0 Å². The van der Waals surface area contributed by atoms with Gasteiger partial charge in [0.2, 0.25) is 5.75 Å². The molecule has 0 fully saturated rings. The third-order valence-electron chi connectivity index (χ3n) is 4.20. The Morgan fingerprint density at radius 3 is 2.26 bits per heavy atom. The van der Waals surface area contributed by atoms with Gasteiger partial charge in [-0.15, -0.1) is 0 Å². The van der Waals surface area contributed by atoms with Crippen LogP contribution in [0.25, 0.3) is 0 Å². The van der Waals surface area contributed by atoms with Gasteiger partial charge in [0.15, 0.2) is 11.5 Å². The molecule has 0 heterocycles. The second-order valence-corrected chi connectivity index (χ2v) is 6.19. The van der Waals surface area contributed by atoms with Crippen LogP contribution in [0.1, 0.15) is 11.1 Å². The lowest BCUT2D eigenvalue weighted by molar-refractivity contribution is 0.251. The molecule has 0 unspecified atom stereocenters. The highest BCUT2D eigenvalue weighted by Gasteiger charge is 2.16. The Morgan fingerprint density at radius 1 is 1.00 bits per heavy atom. The molecule has 2 rings (SSSR count). The molecule has 7 nitrogen and oxygen atoms in total. The average Bonchev–Trinajstić information content (AvgIpc) is 2.66. The van der Waals surface area contributed by atoms with Gasteiger partial charge in [-0.1, -0.05) is 0 Å². The van der Waals surface area contributed by atoms with Crippen LogP contribution in [-0.2, 0) is 6.54 Å². The number of amides is 2. The topological polar surface area (TPSA) is 72.1 Å². The van der Waals surface area contributed by atoms with E-state index in [-0.39, 0.29) is 12.6 Å². The summed E-state index contributed by atoms with van der Waals surface area (Å²) in [6, 6.07) is 9.18. The molecule has 0 aliphatic heterocycles. The number of aryl methyl sites for hydroxylation is 1. The molecule has 0 radical (unpaired) electrons. The van der Waals surface area contributed by atoms with Crippen molar-refractivity contribution >= 4 is 17.4 Å². The van der Waals surface area contributed by atoms with Crippen molar-refractivity contribution < 1.29 is 19.0 Å². The minimum atomic E-state index is -0.299. The van der Waals surface area contributed by atoms with Gasteiger partial charge in [0, 0.05) is 37.6 Å². The van der Waals surface area contributed by atoms with Crippen LogP contribution in [0, 0.1) is 6.92 Å². The zero-order chi connectivity index (χ0) is 20.0. The lowest BCUT2D eigenvalue weighted by atomic mass is 10.1. The number of methoxy groups -OCH3 is 3. The van der Waals surface area contributed by atoms with Gasteiger partial charge in [0.1, 0.15) is 0 Å². The Labute approximate surface area is 160 Å². The summed E-state index contributed by atoms with van der Waals surface area (Å²) in [5.74, 6) is 1.60. The van der Waals surface area contributed by atoms with E-state index in [0.717, 1.165) is 22.5 Å². The predicted molar refractivity (Wildman–Crippen MR) is 107 cm³/mol. The molecule has 2 aromatic carbocycles. The Kier molecular flexibility index (Phi) is 6.76. The van der Waals surface area contributed by atoms with Gasteiger partial charge in [0.25, 0.3) is 0 Å². The molecule has 0 aliphatic carbocycles. The number of nitrogens with zero attached hydrogens (tertiary/aromatic N) is 1. The number of carbonyl (C=O) groups excluding carboxylic acids is 1.